The molecule has 1 N–H and O–H groups in total. The van der Waals surface area contributed by atoms with Crippen molar-refractivity contribution in [1.82, 2.24) is 9.55 Å². The Bertz CT molecular complexity index is 616. The summed E-state index contributed by atoms with van der Waals surface area (Å²) in [6.07, 6.45) is 39.7. The van der Waals surface area contributed by atoms with E-state index in [2.05, 4.69) is 63.2 Å². The summed E-state index contributed by atoms with van der Waals surface area (Å²) in [6, 6.07) is 8.10. The average molecular weight is 576 g/mol. The van der Waals surface area contributed by atoms with Gasteiger partial charge in [0.2, 0.25) is 0 Å². The van der Waals surface area contributed by atoms with E-state index in [1.165, 1.54) is 140 Å². The van der Waals surface area contributed by atoms with Crippen LogP contribution >= 0.6 is 15.9 Å². The summed E-state index contributed by atoms with van der Waals surface area (Å²) in [5, 5.41) is 1.18. The van der Waals surface area contributed by atoms with Crippen molar-refractivity contribution in [3.05, 3.63) is 74.4 Å². The highest BCUT2D eigenvalue weighted by Crippen LogP contribution is 2.12. The molecule has 0 amide bonds. The number of aromatic nitrogens is 2. The molecule has 0 aliphatic carbocycles. The van der Waals surface area contributed by atoms with Gasteiger partial charge in [0.15, 0.2) is 0 Å². The first-order valence-electron chi connectivity index (χ1n) is 15.3. The maximum atomic E-state index is 3.75. The van der Waals surface area contributed by atoms with E-state index in [0.717, 1.165) is 0 Å². The number of hydrogen-bond acceptors (Lipinski definition) is 0. The summed E-state index contributed by atoms with van der Waals surface area (Å²) in [7, 11) is 0. The topological polar surface area (TPSA) is 20.7 Å². The van der Waals surface area contributed by atoms with Crippen molar-refractivity contribution in [2.75, 3.05) is 5.33 Å². The van der Waals surface area contributed by atoms with E-state index < -0.39 is 0 Å². The molecule has 2 nitrogen and oxygen atoms in total. The fraction of sp³-hybridized carbons (Fsp3) is 0.647. The summed E-state index contributed by atoms with van der Waals surface area (Å²) < 4.78 is 2.28. The van der Waals surface area contributed by atoms with E-state index in [9.17, 15) is 0 Å². The van der Waals surface area contributed by atoms with E-state index in [4.69, 9.17) is 0 Å². The lowest BCUT2D eigenvalue weighted by molar-refractivity contribution is 0.537. The van der Waals surface area contributed by atoms with E-state index in [1.807, 2.05) is 36.7 Å². The van der Waals surface area contributed by atoms with Crippen molar-refractivity contribution in [2.45, 2.75) is 135 Å². The second-order valence-electron chi connectivity index (χ2n) is 10.0. The van der Waals surface area contributed by atoms with Crippen LogP contribution in [0.3, 0.4) is 0 Å². The van der Waals surface area contributed by atoms with E-state index in [-0.39, 0.29) is 0 Å². The fourth-order valence-corrected chi connectivity index (χ4v) is 4.63. The molecule has 2 heterocycles. The molecule has 0 unspecified atom stereocenters. The van der Waals surface area contributed by atoms with Gasteiger partial charge >= 0.3 is 0 Å². The van der Waals surface area contributed by atoms with Crippen molar-refractivity contribution in [2.24, 2.45) is 0 Å². The Morgan fingerprint density at radius 3 is 1.24 bits per heavy atom. The van der Waals surface area contributed by atoms with Gasteiger partial charge in [-0.1, -0.05) is 118 Å². The Kier molecular flexibility index (Phi) is 31.2. The molecule has 0 atom stereocenters. The van der Waals surface area contributed by atoms with Crippen LogP contribution in [0.25, 0.3) is 0 Å². The number of alkyl halides is 1. The molecule has 0 aromatic carbocycles. The van der Waals surface area contributed by atoms with Gasteiger partial charge in [0.05, 0.1) is 0 Å². The number of aryl methyl sites for hydroxylation is 1. The Morgan fingerprint density at radius 1 is 0.514 bits per heavy atom. The number of nitrogens with zero attached hydrogens (tertiary/aromatic N) is 1. The van der Waals surface area contributed by atoms with Crippen molar-refractivity contribution in [1.29, 1.82) is 0 Å². The Labute approximate surface area is 239 Å². The van der Waals surface area contributed by atoms with Gasteiger partial charge in [-0.3, -0.25) is 0 Å². The second kappa shape index (κ2) is 32.5. The Balaban J connectivity index is 0.000000601. The molecule has 37 heavy (non-hydrogen) atoms. The Morgan fingerprint density at radius 2 is 0.892 bits per heavy atom. The average Bonchev–Trinajstić information content (AvgIpc) is 3.66. The molecule has 3 heteroatoms. The third-order valence-electron chi connectivity index (χ3n) is 6.53. The zero-order valence-corrected chi connectivity index (χ0v) is 25.7. The first-order chi connectivity index (χ1) is 18.3. The highest BCUT2D eigenvalue weighted by molar-refractivity contribution is 9.09. The molecular formula is C34H59BrN2. The Hall–Kier alpha value is -1.48. The molecule has 0 saturated carbocycles. The van der Waals surface area contributed by atoms with Gasteiger partial charge in [0.1, 0.15) is 0 Å². The van der Waals surface area contributed by atoms with Crippen molar-refractivity contribution in [3.63, 3.8) is 0 Å². The SMILES string of the molecule is C=CCCCCCCCCCCCBr.C=CCCCCCCCCCCCn1cccc1.c1cc[nH]c1. The minimum absolute atomic E-state index is 1.18. The third kappa shape index (κ3) is 30.6. The zero-order chi connectivity index (χ0) is 26.9. The summed E-state index contributed by atoms with van der Waals surface area (Å²) in [5.41, 5.74) is 0. The maximum absolute atomic E-state index is 3.75. The number of rotatable bonds is 23. The van der Waals surface area contributed by atoms with Gasteiger partial charge < -0.3 is 9.55 Å². The highest BCUT2D eigenvalue weighted by atomic mass is 79.9. The molecule has 0 spiro atoms. The highest BCUT2D eigenvalue weighted by Gasteiger charge is 1.94. The fourth-order valence-electron chi connectivity index (χ4n) is 4.24. The first kappa shape index (κ1) is 35.5. The number of nitrogens with one attached hydrogen (secondary N) is 1. The predicted molar refractivity (Wildman–Crippen MR) is 172 cm³/mol. The quantitative estimate of drug-likeness (QED) is 0.0773. The number of aromatic amines is 1. The van der Waals surface area contributed by atoms with E-state index in [1.54, 1.807) is 0 Å². The molecule has 0 saturated heterocycles. The van der Waals surface area contributed by atoms with Crippen LogP contribution in [-0.4, -0.2) is 14.9 Å². The van der Waals surface area contributed by atoms with Crippen LogP contribution in [0.5, 0.6) is 0 Å². The molecule has 0 aliphatic heterocycles. The third-order valence-corrected chi connectivity index (χ3v) is 7.09. The standard InChI is InChI=1S/C17H29N.C13H25Br.C4H5N/c1-2-3-4-5-6-7-8-9-10-11-12-15-18-16-13-14-17-18;1-2-3-4-5-6-7-8-9-10-11-12-13-14;1-2-4-5-3-1/h2,13-14,16-17H,1,3-12,15H2;2H,1,3-13H2;1-5H. The number of H-pyrrole nitrogens is 1. The zero-order valence-electron chi connectivity index (χ0n) is 24.1. The van der Waals surface area contributed by atoms with E-state index >= 15 is 0 Å². The number of hydrogen-bond donors (Lipinski definition) is 1. The molecule has 0 bridgehead atoms. The number of unbranched alkanes of at least 4 members (excludes halogenated alkanes) is 18. The minimum atomic E-state index is 1.18. The van der Waals surface area contributed by atoms with Crippen LogP contribution in [0.4, 0.5) is 0 Å². The van der Waals surface area contributed by atoms with Crippen molar-refractivity contribution >= 4 is 15.9 Å². The van der Waals surface area contributed by atoms with E-state index in [0.29, 0.717) is 0 Å². The summed E-state index contributed by atoms with van der Waals surface area (Å²) >= 11 is 3.46. The van der Waals surface area contributed by atoms with Gasteiger partial charge in [0.25, 0.3) is 0 Å². The minimum Gasteiger partial charge on any atom is -0.368 e. The van der Waals surface area contributed by atoms with Crippen molar-refractivity contribution in [3.8, 4) is 0 Å². The van der Waals surface area contributed by atoms with Crippen molar-refractivity contribution < 1.29 is 0 Å². The smallest absolute Gasteiger partial charge is 0.0219 e. The van der Waals surface area contributed by atoms with Gasteiger partial charge in [-0.05, 0) is 62.8 Å². The molecule has 212 valence electrons. The van der Waals surface area contributed by atoms with Crippen LogP contribution in [-0.2, 0) is 6.54 Å². The van der Waals surface area contributed by atoms with Gasteiger partial charge in [-0.25, -0.2) is 0 Å². The monoisotopic (exact) mass is 574 g/mol. The van der Waals surface area contributed by atoms with Crippen LogP contribution in [0.1, 0.15) is 128 Å². The maximum Gasteiger partial charge on any atom is 0.0219 e. The first-order valence-corrected chi connectivity index (χ1v) is 16.4. The molecule has 0 fully saturated rings. The second-order valence-corrected chi connectivity index (χ2v) is 10.8. The van der Waals surface area contributed by atoms with Gasteiger partial charge in [-0.2, -0.15) is 0 Å². The lowest BCUT2D eigenvalue weighted by atomic mass is 10.1. The van der Waals surface area contributed by atoms with Crippen LogP contribution in [0, 0.1) is 0 Å². The number of allylic oxidation sites excluding steroid dienone is 2. The molecule has 2 rings (SSSR count). The molecule has 0 radical (unpaired) electrons. The molecule has 0 aliphatic rings. The summed E-state index contributed by atoms with van der Waals surface area (Å²) in [6.45, 7) is 8.67. The van der Waals surface area contributed by atoms with Gasteiger partial charge in [0, 0.05) is 36.7 Å². The largest absolute Gasteiger partial charge is 0.368 e. The summed E-state index contributed by atoms with van der Waals surface area (Å²) in [5.74, 6) is 0. The molecular weight excluding hydrogens is 516 g/mol. The summed E-state index contributed by atoms with van der Waals surface area (Å²) in [4.78, 5) is 2.86. The van der Waals surface area contributed by atoms with Crippen LogP contribution in [0.15, 0.2) is 74.4 Å². The molecule has 2 aromatic heterocycles. The lowest BCUT2D eigenvalue weighted by Gasteiger charge is -2.03. The lowest BCUT2D eigenvalue weighted by Crippen LogP contribution is -1.93. The number of halogens is 1. The van der Waals surface area contributed by atoms with Crippen LogP contribution in [0.2, 0.25) is 0 Å². The normalized spacial score (nSPS) is 10.2. The molecule has 2 aromatic rings. The predicted octanol–water partition coefficient (Wildman–Crippen LogP) is 12.1. The van der Waals surface area contributed by atoms with Gasteiger partial charge in [-0.15, -0.1) is 13.2 Å². The van der Waals surface area contributed by atoms with Crippen LogP contribution < -0.4 is 0 Å².